The Balaban J connectivity index is 1.93. The van der Waals surface area contributed by atoms with Crippen LogP contribution in [0.2, 0.25) is 0 Å². The SMILES string of the molecule is C=C[C@@H]1C[C@@H](c2cccc(C)c2)OC(=O)N1S(=O)(=O)c1ccc(C)cc1. The van der Waals surface area contributed by atoms with Gasteiger partial charge in [0.2, 0.25) is 0 Å². The lowest BCUT2D eigenvalue weighted by atomic mass is 9.99. The number of sulfonamides is 1. The van der Waals surface area contributed by atoms with Gasteiger partial charge in [-0.05, 0) is 31.5 Å². The van der Waals surface area contributed by atoms with Crippen LogP contribution in [0.25, 0.3) is 0 Å². The summed E-state index contributed by atoms with van der Waals surface area (Å²) in [6.07, 6.45) is 0.418. The van der Waals surface area contributed by atoms with Gasteiger partial charge in [0.15, 0.2) is 0 Å². The zero-order chi connectivity index (χ0) is 18.9. The van der Waals surface area contributed by atoms with Crippen LogP contribution in [0.3, 0.4) is 0 Å². The molecule has 0 bridgehead atoms. The highest BCUT2D eigenvalue weighted by Gasteiger charge is 2.42. The molecule has 6 heteroatoms. The molecule has 2 aromatic carbocycles. The van der Waals surface area contributed by atoms with Crippen molar-refractivity contribution in [2.45, 2.75) is 37.3 Å². The maximum atomic E-state index is 13.0. The molecule has 2 aromatic rings. The van der Waals surface area contributed by atoms with Gasteiger partial charge in [-0.3, -0.25) is 0 Å². The lowest BCUT2D eigenvalue weighted by Crippen LogP contribution is -2.48. The van der Waals surface area contributed by atoms with E-state index in [-0.39, 0.29) is 4.90 Å². The fourth-order valence-electron chi connectivity index (χ4n) is 3.04. The molecular weight excluding hydrogens is 350 g/mol. The van der Waals surface area contributed by atoms with E-state index in [0.29, 0.717) is 6.42 Å². The van der Waals surface area contributed by atoms with Crippen molar-refractivity contribution in [1.82, 2.24) is 4.31 Å². The summed E-state index contributed by atoms with van der Waals surface area (Å²) in [4.78, 5) is 12.7. The molecule has 1 fully saturated rings. The summed E-state index contributed by atoms with van der Waals surface area (Å²) < 4.78 is 32.2. The Kier molecular flexibility index (Phi) is 4.87. The van der Waals surface area contributed by atoms with Gasteiger partial charge < -0.3 is 4.74 Å². The minimum Gasteiger partial charge on any atom is -0.440 e. The van der Waals surface area contributed by atoms with Crippen LogP contribution >= 0.6 is 0 Å². The molecule has 1 aliphatic rings. The first kappa shape index (κ1) is 18.2. The number of aryl methyl sites for hydroxylation is 2. The van der Waals surface area contributed by atoms with E-state index in [1.165, 1.54) is 18.2 Å². The molecule has 0 radical (unpaired) electrons. The van der Waals surface area contributed by atoms with Crippen LogP contribution < -0.4 is 0 Å². The van der Waals surface area contributed by atoms with Crippen molar-refractivity contribution in [3.05, 3.63) is 77.9 Å². The van der Waals surface area contributed by atoms with Gasteiger partial charge in [0.25, 0.3) is 10.0 Å². The molecule has 26 heavy (non-hydrogen) atoms. The molecule has 0 N–H and O–H groups in total. The Hall–Kier alpha value is -2.60. The minimum absolute atomic E-state index is 0.0564. The number of cyclic esters (lactones) is 1. The highest BCUT2D eigenvalue weighted by atomic mass is 32.2. The summed E-state index contributed by atoms with van der Waals surface area (Å²) in [6, 6.07) is 13.3. The van der Waals surface area contributed by atoms with Gasteiger partial charge in [-0.15, -0.1) is 6.58 Å². The molecule has 0 saturated carbocycles. The number of hydrogen-bond acceptors (Lipinski definition) is 4. The lowest BCUT2D eigenvalue weighted by molar-refractivity contribution is 0.0354. The second-order valence-corrected chi connectivity index (χ2v) is 8.25. The Bertz CT molecular complexity index is 935. The summed E-state index contributed by atoms with van der Waals surface area (Å²) in [5.41, 5.74) is 2.82. The van der Waals surface area contributed by atoms with Crippen molar-refractivity contribution >= 4 is 16.1 Å². The fourth-order valence-corrected chi connectivity index (χ4v) is 4.51. The summed E-state index contributed by atoms with van der Waals surface area (Å²) in [5.74, 6) is 0. The van der Waals surface area contributed by atoms with Crippen LogP contribution in [-0.4, -0.2) is 24.9 Å². The highest BCUT2D eigenvalue weighted by Crippen LogP contribution is 2.34. The predicted octanol–water partition coefficient (Wildman–Crippen LogP) is 4.13. The minimum atomic E-state index is -4.02. The standard InChI is InChI=1S/C20H21NO4S/c1-4-17-13-19(16-7-5-6-15(3)12-16)25-20(22)21(17)26(23,24)18-10-8-14(2)9-11-18/h4-12,17,19H,1,13H2,2-3H3/t17-,19+/m1/s1. The van der Waals surface area contributed by atoms with E-state index >= 15 is 0 Å². The first-order valence-corrected chi connectivity index (χ1v) is 9.78. The van der Waals surface area contributed by atoms with Crippen molar-refractivity contribution in [2.75, 3.05) is 0 Å². The highest BCUT2D eigenvalue weighted by molar-refractivity contribution is 7.89. The molecule has 1 saturated heterocycles. The van der Waals surface area contributed by atoms with E-state index in [9.17, 15) is 13.2 Å². The quantitative estimate of drug-likeness (QED) is 0.758. The van der Waals surface area contributed by atoms with Gasteiger partial charge in [-0.2, -0.15) is 4.31 Å². The molecule has 0 aromatic heterocycles. The smallest absolute Gasteiger partial charge is 0.425 e. The topological polar surface area (TPSA) is 63.7 Å². The molecule has 0 aliphatic carbocycles. The molecule has 1 amide bonds. The second-order valence-electron chi connectivity index (χ2n) is 6.44. The molecular formula is C20H21NO4S. The number of carbonyl (C=O) groups is 1. The molecule has 0 spiro atoms. The predicted molar refractivity (Wildman–Crippen MR) is 99.2 cm³/mol. The summed E-state index contributed by atoms with van der Waals surface area (Å²) in [7, 11) is -4.02. The number of hydrogen-bond donors (Lipinski definition) is 0. The zero-order valence-electron chi connectivity index (χ0n) is 14.8. The maximum Gasteiger partial charge on any atom is 0.425 e. The van der Waals surface area contributed by atoms with Crippen LogP contribution in [0.15, 0.2) is 66.1 Å². The van der Waals surface area contributed by atoms with Gasteiger partial charge >= 0.3 is 6.09 Å². The monoisotopic (exact) mass is 371 g/mol. The maximum absolute atomic E-state index is 13.0. The molecule has 136 valence electrons. The lowest BCUT2D eigenvalue weighted by Gasteiger charge is -2.36. The number of amides is 1. The van der Waals surface area contributed by atoms with E-state index in [0.717, 1.165) is 21.0 Å². The molecule has 1 aliphatic heterocycles. The van der Waals surface area contributed by atoms with Crippen molar-refractivity contribution in [1.29, 1.82) is 0 Å². The Labute approximate surface area is 154 Å². The molecule has 2 atom stereocenters. The van der Waals surface area contributed by atoms with Gasteiger partial charge in [-0.1, -0.05) is 53.6 Å². The largest absolute Gasteiger partial charge is 0.440 e. The van der Waals surface area contributed by atoms with Gasteiger partial charge in [0.1, 0.15) is 6.10 Å². The van der Waals surface area contributed by atoms with Crippen LogP contribution in [0.1, 0.15) is 29.2 Å². The zero-order valence-corrected chi connectivity index (χ0v) is 15.6. The third-order valence-electron chi connectivity index (χ3n) is 4.44. The number of carbonyl (C=O) groups excluding carboxylic acids is 1. The average molecular weight is 371 g/mol. The van der Waals surface area contributed by atoms with Crippen LogP contribution in [0, 0.1) is 13.8 Å². The van der Waals surface area contributed by atoms with E-state index in [1.807, 2.05) is 38.1 Å². The molecule has 1 heterocycles. The van der Waals surface area contributed by atoms with E-state index in [2.05, 4.69) is 6.58 Å². The van der Waals surface area contributed by atoms with Gasteiger partial charge in [0.05, 0.1) is 10.9 Å². The summed E-state index contributed by atoms with van der Waals surface area (Å²) in [5, 5.41) is 0. The van der Waals surface area contributed by atoms with Crippen LogP contribution in [-0.2, 0) is 14.8 Å². The number of rotatable bonds is 4. The second kappa shape index (κ2) is 6.96. The third-order valence-corrected chi connectivity index (χ3v) is 6.25. The van der Waals surface area contributed by atoms with E-state index in [1.54, 1.807) is 12.1 Å². The number of ether oxygens (including phenoxy) is 1. The Morgan fingerprint density at radius 1 is 1.12 bits per heavy atom. The van der Waals surface area contributed by atoms with Gasteiger partial charge in [0, 0.05) is 6.42 Å². The van der Waals surface area contributed by atoms with Crippen molar-refractivity contribution in [3.8, 4) is 0 Å². The summed E-state index contributed by atoms with van der Waals surface area (Å²) >= 11 is 0. The van der Waals surface area contributed by atoms with E-state index in [4.69, 9.17) is 4.74 Å². The summed E-state index contributed by atoms with van der Waals surface area (Å²) in [6.45, 7) is 7.54. The third kappa shape index (κ3) is 3.37. The fraction of sp³-hybridized carbons (Fsp3) is 0.250. The van der Waals surface area contributed by atoms with Crippen molar-refractivity contribution < 1.29 is 17.9 Å². The Morgan fingerprint density at radius 3 is 2.42 bits per heavy atom. The first-order chi connectivity index (χ1) is 12.3. The number of nitrogens with zero attached hydrogens (tertiary/aromatic N) is 1. The van der Waals surface area contributed by atoms with Gasteiger partial charge in [-0.25, -0.2) is 13.2 Å². The molecule has 5 nitrogen and oxygen atoms in total. The molecule has 3 rings (SSSR count). The molecule has 0 unspecified atom stereocenters. The number of benzene rings is 2. The van der Waals surface area contributed by atoms with Crippen LogP contribution in [0.5, 0.6) is 0 Å². The van der Waals surface area contributed by atoms with Crippen molar-refractivity contribution in [3.63, 3.8) is 0 Å². The van der Waals surface area contributed by atoms with Crippen LogP contribution in [0.4, 0.5) is 4.79 Å². The average Bonchev–Trinajstić information content (AvgIpc) is 2.61. The normalized spacial score (nSPS) is 20.5. The Morgan fingerprint density at radius 2 is 1.81 bits per heavy atom. The first-order valence-electron chi connectivity index (χ1n) is 8.34. The van der Waals surface area contributed by atoms with E-state index < -0.39 is 28.3 Å². The van der Waals surface area contributed by atoms with Crippen molar-refractivity contribution in [2.24, 2.45) is 0 Å².